The molecule has 5 nitrogen and oxygen atoms in total. The Kier molecular flexibility index (Phi) is 3.14. The molecule has 0 N–H and O–H groups in total. The van der Waals surface area contributed by atoms with Gasteiger partial charge in [0.2, 0.25) is 0 Å². The van der Waals surface area contributed by atoms with E-state index in [0.717, 1.165) is 0 Å². The van der Waals surface area contributed by atoms with Crippen LogP contribution in [0.4, 0.5) is 0 Å². The van der Waals surface area contributed by atoms with Gasteiger partial charge in [0.15, 0.2) is 10.9 Å². The van der Waals surface area contributed by atoms with E-state index in [9.17, 15) is 9.59 Å². The van der Waals surface area contributed by atoms with Gasteiger partial charge in [0.1, 0.15) is 23.2 Å². The first-order valence-electron chi connectivity index (χ1n) is 8.40. The van der Waals surface area contributed by atoms with Crippen LogP contribution in [0.1, 0.15) is 22.9 Å². The van der Waals surface area contributed by atoms with Crippen LogP contribution in [0.25, 0.3) is 21.9 Å². The fourth-order valence-corrected chi connectivity index (χ4v) is 3.81. The van der Waals surface area contributed by atoms with Crippen LogP contribution in [0.5, 0.6) is 0 Å². The molecule has 0 bridgehead atoms. The highest BCUT2D eigenvalue weighted by Crippen LogP contribution is 2.36. The van der Waals surface area contributed by atoms with E-state index in [-0.39, 0.29) is 10.9 Å². The fourth-order valence-electron chi connectivity index (χ4n) is 3.81. The summed E-state index contributed by atoms with van der Waals surface area (Å²) in [6, 6.07) is 13.8. The second-order valence-electron chi connectivity index (χ2n) is 6.60. The molecule has 0 radical (unpaired) electrons. The van der Waals surface area contributed by atoms with Crippen molar-refractivity contribution in [2.24, 2.45) is 0 Å². The first-order valence-corrected chi connectivity index (χ1v) is 8.40. The van der Waals surface area contributed by atoms with Crippen molar-refractivity contribution >= 4 is 21.9 Å². The molecule has 5 rings (SSSR count). The number of hydrogen-bond donors (Lipinski definition) is 0. The van der Waals surface area contributed by atoms with Gasteiger partial charge in [0.05, 0.1) is 34.5 Å². The van der Waals surface area contributed by atoms with E-state index >= 15 is 0 Å². The number of rotatable bonds is 1. The Balaban J connectivity index is 1.81. The van der Waals surface area contributed by atoms with Gasteiger partial charge in [-0.05, 0) is 31.3 Å². The lowest BCUT2D eigenvalue weighted by Gasteiger charge is -2.19. The van der Waals surface area contributed by atoms with E-state index < -0.39 is 6.04 Å². The van der Waals surface area contributed by atoms with Crippen LogP contribution in [-0.2, 0) is 6.54 Å². The lowest BCUT2D eigenvalue weighted by molar-refractivity contribution is 0.289. The van der Waals surface area contributed by atoms with Crippen molar-refractivity contribution < 1.29 is 8.83 Å². The van der Waals surface area contributed by atoms with Gasteiger partial charge in [0.25, 0.3) is 0 Å². The normalized spacial score (nSPS) is 17.0. The maximum Gasteiger partial charge on any atom is 0.198 e. The zero-order valence-electron chi connectivity index (χ0n) is 14.1. The molecule has 0 aliphatic carbocycles. The van der Waals surface area contributed by atoms with E-state index in [1.165, 1.54) is 6.26 Å². The molecule has 1 aliphatic heterocycles. The molecule has 0 fully saturated rings. The smallest absolute Gasteiger partial charge is 0.198 e. The van der Waals surface area contributed by atoms with Gasteiger partial charge in [-0.15, -0.1) is 0 Å². The topological polar surface area (TPSA) is 63.7 Å². The summed E-state index contributed by atoms with van der Waals surface area (Å²) in [6.45, 7) is 0.465. The lowest BCUT2D eigenvalue weighted by atomic mass is 9.99. The van der Waals surface area contributed by atoms with Gasteiger partial charge in [-0.2, -0.15) is 0 Å². The molecule has 4 aromatic rings. The Labute approximate surface area is 148 Å². The molecule has 0 saturated carbocycles. The van der Waals surface area contributed by atoms with Crippen LogP contribution in [0.2, 0.25) is 0 Å². The first-order chi connectivity index (χ1) is 12.6. The van der Waals surface area contributed by atoms with Crippen LogP contribution in [0.3, 0.4) is 0 Å². The Morgan fingerprint density at radius 2 is 1.58 bits per heavy atom. The quantitative estimate of drug-likeness (QED) is 0.529. The Hall–Kier alpha value is -3.18. The van der Waals surface area contributed by atoms with E-state index in [1.54, 1.807) is 30.3 Å². The SMILES string of the molecule is CN1Cc2oc3ccccc3c(=O)c2C1c1coc2ccccc2c1=O. The van der Waals surface area contributed by atoms with Gasteiger partial charge in [-0.25, -0.2) is 0 Å². The monoisotopic (exact) mass is 345 g/mol. The second kappa shape index (κ2) is 5.41. The standard InChI is InChI=1S/C21H15NO4/c1-22-10-17-18(21(24)13-7-3-5-9-16(13)26-17)19(22)14-11-25-15-8-4-2-6-12(15)20(14)23/h2-9,11,19H,10H2,1H3. The van der Waals surface area contributed by atoms with E-state index in [0.29, 0.717) is 45.4 Å². The second-order valence-corrected chi connectivity index (χ2v) is 6.60. The molecule has 0 spiro atoms. The number of fused-ring (bicyclic) bond motifs is 3. The number of para-hydroxylation sites is 2. The minimum atomic E-state index is -0.480. The van der Waals surface area contributed by atoms with E-state index in [4.69, 9.17) is 8.83 Å². The molecule has 26 heavy (non-hydrogen) atoms. The van der Waals surface area contributed by atoms with Crippen molar-refractivity contribution in [1.82, 2.24) is 4.90 Å². The van der Waals surface area contributed by atoms with Crippen molar-refractivity contribution in [3.05, 3.63) is 92.1 Å². The molecule has 2 aromatic heterocycles. The van der Waals surface area contributed by atoms with E-state index in [1.807, 2.05) is 30.1 Å². The van der Waals surface area contributed by atoms with Gasteiger partial charge in [-0.1, -0.05) is 24.3 Å². The van der Waals surface area contributed by atoms with Crippen molar-refractivity contribution in [3.8, 4) is 0 Å². The molecule has 0 amide bonds. The molecule has 2 aromatic carbocycles. The molecule has 0 saturated heterocycles. The summed E-state index contributed by atoms with van der Waals surface area (Å²) >= 11 is 0. The Bertz CT molecular complexity index is 1280. The van der Waals surface area contributed by atoms with E-state index in [2.05, 4.69) is 0 Å². The summed E-state index contributed by atoms with van der Waals surface area (Å²) in [5.41, 5.74) is 1.86. The third-order valence-electron chi connectivity index (χ3n) is 5.02. The van der Waals surface area contributed by atoms with Gasteiger partial charge in [0, 0.05) is 0 Å². The summed E-state index contributed by atoms with van der Waals surface area (Å²) in [4.78, 5) is 28.1. The summed E-state index contributed by atoms with van der Waals surface area (Å²) in [6.07, 6.45) is 1.47. The maximum atomic E-state index is 13.1. The van der Waals surface area contributed by atoms with Crippen molar-refractivity contribution in [1.29, 1.82) is 0 Å². The Morgan fingerprint density at radius 3 is 2.35 bits per heavy atom. The first kappa shape index (κ1) is 15.1. The number of hydrogen-bond acceptors (Lipinski definition) is 5. The zero-order chi connectivity index (χ0) is 17.8. The summed E-state index contributed by atoms with van der Waals surface area (Å²) in [7, 11) is 1.87. The highest BCUT2D eigenvalue weighted by atomic mass is 16.3. The summed E-state index contributed by atoms with van der Waals surface area (Å²) in [5, 5.41) is 1.04. The highest BCUT2D eigenvalue weighted by Gasteiger charge is 2.36. The predicted octanol–water partition coefficient (Wildman–Crippen LogP) is 3.43. The third kappa shape index (κ3) is 2.01. The van der Waals surface area contributed by atoms with Crippen LogP contribution in [0.15, 0.2) is 73.2 Å². The summed E-state index contributed by atoms with van der Waals surface area (Å²) < 4.78 is 11.6. The lowest BCUT2D eigenvalue weighted by Crippen LogP contribution is -2.26. The molecule has 1 atom stereocenters. The largest absolute Gasteiger partial charge is 0.464 e. The van der Waals surface area contributed by atoms with Gasteiger partial charge >= 0.3 is 0 Å². The minimum Gasteiger partial charge on any atom is -0.464 e. The molecule has 3 heterocycles. The van der Waals surface area contributed by atoms with Crippen LogP contribution < -0.4 is 10.9 Å². The van der Waals surface area contributed by atoms with Crippen LogP contribution >= 0.6 is 0 Å². The molecule has 1 unspecified atom stereocenters. The van der Waals surface area contributed by atoms with Crippen molar-refractivity contribution in [3.63, 3.8) is 0 Å². The molecule has 5 heteroatoms. The molecular weight excluding hydrogens is 330 g/mol. The van der Waals surface area contributed by atoms with Gasteiger partial charge < -0.3 is 8.83 Å². The predicted molar refractivity (Wildman–Crippen MR) is 98.3 cm³/mol. The van der Waals surface area contributed by atoms with Crippen molar-refractivity contribution in [2.45, 2.75) is 12.6 Å². The van der Waals surface area contributed by atoms with Crippen molar-refractivity contribution in [2.75, 3.05) is 7.05 Å². The van der Waals surface area contributed by atoms with Crippen LogP contribution in [-0.4, -0.2) is 11.9 Å². The Morgan fingerprint density at radius 1 is 0.923 bits per heavy atom. The fraction of sp³-hybridized carbons (Fsp3) is 0.143. The van der Waals surface area contributed by atoms with Crippen LogP contribution in [0, 0.1) is 0 Å². The molecule has 1 aliphatic rings. The summed E-state index contributed by atoms with van der Waals surface area (Å²) in [5.74, 6) is 0.605. The molecule has 128 valence electrons. The average molecular weight is 345 g/mol. The number of benzene rings is 2. The highest BCUT2D eigenvalue weighted by molar-refractivity contribution is 5.79. The average Bonchev–Trinajstić information content (AvgIpc) is 2.98. The minimum absolute atomic E-state index is 0.0937. The maximum absolute atomic E-state index is 13.1. The third-order valence-corrected chi connectivity index (χ3v) is 5.02. The number of nitrogens with zero attached hydrogens (tertiary/aromatic N) is 1. The van der Waals surface area contributed by atoms with Gasteiger partial charge in [-0.3, -0.25) is 14.5 Å². The molecular formula is C21H15NO4. The zero-order valence-corrected chi connectivity index (χ0v) is 14.1.